The van der Waals surface area contributed by atoms with Crippen molar-refractivity contribution in [2.75, 3.05) is 7.05 Å². The summed E-state index contributed by atoms with van der Waals surface area (Å²) in [6.07, 6.45) is 4.27. The van der Waals surface area contributed by atoms with Gasteiger partial charge >= 0.3 is 0 Å². The summed E-state index contributed by atoms with van der Waals surface area (Å²) >= 11 is 0. The monoisotopic (exact) mass is 671 g/mol. The third kappa shape index (κ3) is 10.3. The molecule has 1 fully saturated rings. The van der Waals surface area contributed by atoms with Gasteiger partial charge in [0, 0.05) is 26.3 Å². The molecule has 11 nitrogen and oxygen atoms in total. The quantitative estimate of drug-likeness (QED) is 0.260. The zero-order valence-electron chi connectivity index (χ0n) is 29.0. The smallest absolute Gasteiger partial charge is 0.245 e. The van der Waals surface area contributed by atoms with Crippen LogP contribution in [0.25, 0.3) is 0 Å². The lowest BCUT2D eigenvalue weighted by Crippen LogP contribution is -2.59. The molecule has 0 unspecified atom stereocenters. The summed E-state index contributed by atoms with van der Waals surface area (Å²) < 4.78 is 5.26. The zero-order chi connectivity index (χ0) is 35.5. The summed E-state index contributed by atoms with van der Waals surface area (Å²) in [4.78, 5) is 71.9. The number of nitrogens with zero attached hydrogens (tertiary/aromatic N) is 1. The van der Waals surface area contributed by atoms with E-state index in [0.717, 1.165) is 11.1 Å². The van der Waals surface area contributed by atoms with Gasteiger partial charge in [0.25, 0.3) is 0 Å². The van der Waals surface area contributed by atoms with Crippen molar-refractivity contribution >= 4 is 29.5 Å². The standard InChI is InChI=1S/C38H49N5O6/c1-6-25(4)33-37(47)40-30(20-26-13-9-7-10-14-26)34(44)41-31(21-27-15-11-8-12-16-27)38(48)43(5)32(22-28-17-18-49-23-28)36(46)39-29(19-24(2)3)35(45)42-33/h7-18,23-25,29-33H,6,19-22H2,1-5H3,(H,39,46)(H,40,47)(H,41,44)(H,42,45)/t25-,29-,30-,31-,32-,33+/m0/s1. The molecular formula is C38H49N5O6. The van der Waals surface area contributed by atoms with Crippen LogP contribution in [-0.4, -0.2) is 71.7 Å². The van der Waals surface area contributed by atoms with Gasteiger partial charge in [-0.1, -0.05) is 94.8 Å². The minimum absolute atomic E-state index is 0.0213. The van der Waals surface area contributed by atoms with Gasteiger partial charge in [0.05, 0.1) is 12.5 Å². The molecule has 49 heavy (non-hydrogen) atoms. The van der Waals surface area contributed by atoms with Crippen LogP contribution >= 0.6 is 0 Å². The third-order valence-corrected chi connectivity index (χ3v) is 9.07. The highest BCUT2D eigenvalue weighted by Crippen LogP contribution is 2.17. The van der Waals surface area contributed by atoms with Gasteiger partial charge in [-0.2, -0.15) is 0 Å². The van der Waals surface area contributed by atoms with Crippen LogP contribution in [0, 0.1) is 11.8 Å². The molecule has 0 radical (unpaired) electrons. The van der Waals surface area contributed by atoms with Crippen LogP contribution in [0.2, 0.25) is 0 Å². The van der Waals surface area contributed by atoms with E-state index < -0.39 is 59.7 Å². The van der Waals surface area contributed by atoms with Crippen LogP contribution in [0.3, 0.4) is 0 Å². The predicted molar refractivity (Wildman–Crippen MR) is 186 cm³/mol. The van der Waals surface area contributed by atoms with Crippen molar-refractivity contribution in [2.24, 2.45) is 11.8 Å². The molecule has 6 atom stereocenters. The van der Waals surface area contributed by atoms with E-state index in [0.29, 0.717) is 18.4 Å². The first kappa shape index (κ1) is 36.9. The molecule has 0 saturated carbocycles. The molecule has 11 heteroatoms. The maximum Gasteiger partial charge on any atom is 0.245 e. The topological polar surface area (TPSA) is 150 Å². The number of nitrogens with one attached hydrogen (secondary N) is 4. The molecule has 1 saturated heterocycles. The molecule has 5 amide bonds. The van der Waals surface area contributed by atoms with Gasteiger partial charge in [-0.25, -0.2) is 0 Å². The van der Waals surface area contributed by atoms with Gasteiger partial charge in [-0.3, -0.25) is 24.0 Å². The fraction of sp³-hybridized carbons (Fsp3) is 0.447. The lowest BCUT2D eigenvalue weighted by atomic mass is 9.95. The van der Waals surface area contributed by atoms with Crippen LogP contribution in [-0.2, 0) is 43.2 Å². The predicted octanol–water partition coefficient (Wildman–Crippen LogP) is 3.18. The highest BCUT2D eigenvalue weighted by Gasteiger charge is 2.38. The van der Waals surface area contributed by atoms with Gasteiger partial charge in [0.15, 0.2) is 0 Å². The van der Waals surface area contributed by atoms with Crippen LogP contribution < -0.4 is 21.3 Å². The van der Waals surface area contributed by atoms with E-state index in [9.17, 15) is 24.0 Å². The Morgan fingerprint density at radius 2 is 1.20 bits per heavy atom. The second-order valence-electron chi connectivity index (χ2n) is 13.4. The van der Waals surface area contributed by atoms with E-state index in [-0.39, 0.29) is 31.1 Å². The normalized spacial score (nSPS) is 23.5. The van der Waals surface area contributed by atoms with Gasteiger partial charge in [0.2, 0.25) is 29.5 Å². The first-order chi connectivity index (χ1) is 23.5. The number of likely N-dealkylation sites (N-methyl/N-ethyl adjacent to an activating group) is 1. The summed E-state index contributed by atoms with van der Waals surface area (Å²) in [5, 5.41) is 11.6. The van der Waals surface area contributed by atoms with Crippen molar-refractivity contribution in [3.8, 4) is 0 Å². The van der Waals surface area contributed by atoms with Crippen molar-refractivity contribution in [3.63, 3.8) is 0 Å². The van der Waals surface area contributed by atoms with E-state index in [2.05, 4.69) is 21.3 Å². The van der Waals surface area contributed by atoms with Gasteiger partial charge < -0.3 is 30.6 Å². The summed E-state index contributed by atoms with van der Waals surface area (Å²) in [6.45, 7) is 7.64. The lowest BCUT2D eigenvalue weighted by Gasteiger charge is -2.32. The molecule has 2 aromatic carbocycles. The van der Waals surface area contributed by atoms with Crippen molar-refractivity contribution in [1.29, 1.82) is 0 Å². The van der Waals surface area contributed by atoms with Crippen molar-refractivity contribution < 1.29 is 28.4 Å². The molecule has 1 aromatic heterocycles. The minimum atomic E-state index is -1.07. The molecule has 0 aliphatic carbocycles. The zero-order valence-corrected chi connectivity index (χ0v) is 29.0. The van der Waals surface area contributed by atoms with Crippen molar-refractivity contribution in [2.45, 2.75) is 90.0 Å². The maximum absolute atomic E-state index is 14.4. The maximum atomic E-state index is 14.4. The number of carbonyl (C=O) groups excluding carboxylic acids is 5. The van der Waals surface area contributed by atoms with E-state index in [1.54, 1.807) is 6.07 Å². The highest BCUT2D eigenvalue weighted by atomic mass is 16.3. The number of hydrogen-bond acceptors (Lipinski definition) is 6. The van der Waals surface area contributed by atoms with E-state index in [1.165, 1.54) is 24.5 Å². The Balaban J connectivity index is 1.81. The molecule has 4 N–H and O–H groups in total. The molecule has 2 heterocycles. The minimum Gasteiger partial charge on any atom is -0.472 e. The van der Waals surface area contributed by atoms with Crippen LogP contribution in [0.4, 0.5) is 0 Å². The first-order valence-corrected chi connectivity index (χ1v) is 17.0. The lowest BCUT2D eigenvalue weighted by molar-refractivity contribution is -0.142. The summed E-state index contributed by atoms with van der Waals surface area (Å²) in [6, 6.07) is 15.1. The van der Waals surface area contributed by atoms with Gasteiger partial charge in [-0.15, -0.1) is 0 Å². The Hall–Kier alpha value is -4.93. The molecule has 1 aliphatic rings. The molecule has 1 aliphatic heterocycles. The Morgan fingerprint density at radius 1 is 0.653 bits per heavy atom. The number of rotatable bonds is 10. The van der Waals surface area contributed by atoms with Crippen LogP contribution in [0.1, 0.15) is 57.2 Å². The molecule has 0 bridgehead atoms. The van der Waals surface area contributed by atoms with Gasteiger partial charge in [-0.05, 0) is 41.0 Å². The van der Waals surface area contributed by atoms with Crippen molar-refractivity contribution in [1.82, 2.24) is 26.2 Å². The Bertz CT molecular complexity index is 1550. The fourth-order valence-corrected chi connectivity index (χ4v) is 6.01. The summed E-state index contributed by atoms with van der Waals surface area (Å²) in [5.74, 6) is -2.90. The van der Waals surface area contributed by atoms with E-state index in [4.69, 9.17) is 4.42 Å². The molecule has 0 spiro atoms. The summed E-state index contributed by atoms with van der Waals surface area (Å²) in [5.41, 5.74) is 2.29. The largest absolute Gasteiger partial charge is 0.472 e. The highest BCUT2D eigenvalue weighted by molar-refractivity contribution is 5.98. The number of furan rings is 1. The number of hydrogen-bond donors (Lipinski definition) is 4. The van der Waals surface area contributed by atoms with E-state index >= 15 is 0 Å². The SMILES string of the molecule is CC[C@H](C)[C@H]1NC(=O)[C@H](CC(C)C)NC(=O)[C@H](Cc2ccoc2)N(C)C(=O)[C@H](Cc2ccccc2)NC(=O)[C@H](Cc2ccccc2)NC1=O. The first-order valence-electron chi connectivity index (χ1n) is 17.0. The Morgan fingerprint density at radius 3 is 1.76 bits per heavy atom. The van der Waals surface area contributed by atoms with Gasteiger partial charge in [0.1, 0.15) is 30.2 Å². The van der Waals surface area contributed by atoms with Crippen LogP contribution in [0.5, 0.6) is 0 Å². The number of benzene rings is 2. The molecule has 262 valence electrons. The number of amides is 5. The second-order valence-corrected chi connectivity index (χ2v) is 13.4. The molecule has 3 aromatic rings. The van der Waals surface area contributed by atoms with E-state index in [1.807, 2.05) is 88.4 Å². The average molecular weight is 672 g/mol. The fourth-order valence-electron chi connectivity index (χ4n) is 6.01. The third-order valence-electron chi connectivity index (χ3n) is 9.07. The van der Waals surface area contributed by atoms with Crippen molar-refractivity contribution in [3.05, 3.63) is 95.9 Å². The Kier molecular flexibility index (Phi) is 13.1. The second kappa shape index (κ2) is 17.5. The molecular weight excluding hydrogens is 622 g/mol. The number of carbonyl (C=O) groups is 5. The van der Waals surface area contributed by atoms with Crippen LogP contribution in [0.15, 0.2) is 83.7 Å². The molecule has 4 rings (SSSR count). The average Bonchev–Trinajstić information content (AvgIpc) is 3.61. The summed E-state index contributed by atoms with van der Waals surface area (Å²) in [7, 11) is 1.52. The Labute approximate surface area is 288 Å².